The van der Waals surface area contributed by atoms with E-state index in [0.717, 1.165) is 9.69 Å². The molecule has 0 atom stereocenters. The van der Waals surface area contributed by atoms with Crippen LogP contribution in [-0.2, 0) is 14.8 Å². The number of likely N-dealkylation sites (N-methyl/N-ethyl adjacent to an activating group) is 1. The number of sulfonamides is 1. The minimum absolute atomic E-state index is 0.0992. The van der Waals surface area contributed by atoms with Gasteiger partial charge in [-0.05, 0) is 30.7 Å². The molecule has 2 aromatic carbocycles. The lowest BCUT2D eigenvalue weighted by Gasteiger charge is -2.29. The molecule has 9 nitrogen and oxygen atoms in total. The van der Waals surface area contributed by atoms with E-state index in [4.69, 9.17) is 4.74 Å². The van der Waals surface area contributed by atoms with Crippen molar-refractivity contribution in [2.24, 2.45) is 0 Å². The van der Waals surface area contributed by atoms with Crippen LogP contribution < -0.4 is 4.74 Å². The number of methoxy groups -OCH3 is 1. The van der Waals surface area contributed by atoms with Crippen molar-refractivity contribution in [1.29, 1.82) is 0 Å². The summed E-state index contributed by atoms with van der Waals surface area (Å²) in [5.41, 5.74) is 0.751. The van der Waals surface area contributed by atoms with E-state index in [2.05, 4.69) is 4.98 Å². The van der Waals surface area contributed by atoms with Crippen molar-refractivity contribution in [2.75, 3.05) is 33.8 Å². The van der Waals surface area contributed by atoms with E-state index in [1.54, 1.807) is 30.3 Å². The molecule has 1 aliphatic heterocycles. The van der Waals surface area contributed by atoms with Gasteiger partial charge < -0.3 is 4.74 Å². The lowest BCUT2D eigenvalue weighted by molar-refractivity contribution is -0.140. The van der Waals surface area contributed by atoms with Crippen molar-refractivity contribution in [3.63, 3.8) is 0 Å². The minimum atomic E-state index is -3.83. The van der Waals surface area contributed by atoms with Gasteiger partial charge in [0.05, 0.1) is 24.1 Å². The van der Waals surface area contributed by atoms with E-state index < -0.39 is 28.4 Å². The largest absolute Gasteiger partial charge is 0.496 e. The fourth-order valence-corrected chi connectivity index (χ4v) is 4.91. The van der Waals surface area contributed by atoms with E-state index in [0.29, 0.717) is 30.8 Å². The van der Waals surface area contributed by atoms with Crippen molar-refractivity contribution in [3.05, 3.63) is 66.4 Å². The molecule has 0 unspecified atom stereocenters. The maximum Gasteiger partial charge on any atom is 0.291 e. The summed E-state index contributed by atoms with van der Waals surface area (Å²) in [4.78, 5) is 30.8. The van der Waals surface area contributed by atoms with Gasteiger partial charge in [0.1, 0.15) is 11.4 Å². The SMILES string of the molecule is COc1cc(C(=O)N2CCCN2C(=O)CN(C)S(=O)(=O)c2ccccc2)nc2ccccc12. The summed E-state index contributed by atoms with van der Waals surface area (Å²) in [5.74, 6) is -0.427. The molecule has 0 N–H and O–H groups in total. The number of hydrazine groups is 1. The fourth-order valence-electron chi connectivity index (χ4n) is 3.77. The summed E-state index contributed by atoms with van der Waals surface area (Å²) in [6.07, 6.45) is 0.581. The molecule has 1 aliphatic rings. The Balaban J connectivity index is 1.55. The van der Waals surface area contributed by atoms with Gasteiger partial charge in [0.2, 0.25) is 10.0 Å². The number of carbonyl (C=O) groups is 2. The van der Waals surface area contributed by atoms with Crippen LogP contribution in [0, 0.1) is 0 Å². The molecular formula is C23H24N4O5S. The number of aromatic nitrogens is 1. The summed E-state index contributed by atoms with van der Waals surface area (Å²) < 4.78 is 31.9. The number of nitrogens with zero attached hydrogens (tertiary/aromatic N) is 4. The highest BCUT2D eigenvalue weighted by molar-refractivity contribution is 7.89. The zero-order chi connectivity index (χ0) is 23.6. The second-order valence-electron chi connectivity index (χ2n) is 7.60. The minimum Gasteiger partial charge on any atom is -0.496 e. The molecule has 33 heavy (non-hydrogen) atoms. The molecule has 1 saturated heterocycles. The third-order valence-electron chi connectivity index (χ3n) is 5.48. The predicted molar refractivity (Wildman–Crippen MR) is 122 cm³/mol. The van der Waals surface area contributed by atoms with Crippen LogP contribution in [0.15, 0.2) is 65.6 Å². The number of amides is 2. The number of pyridine rings is 1. The van der Waals surface area contributed by atoms with Crippen LogP contribution in [0.2, 0.25) is 0 Å². The Hall–Kier alpha value is -3.50. The monoisotopic (exact) mass is 468 g/mol. The Morgan fingerprint density at radius 2 is 1.70 bits per heavy atom. The van der Waals surface area contributed by atoms with Crippen LogP contribution in [0.1, 0.15) is 16.9 Å². The van der Waals surface area contributed by atoms with Gasteiger partial charge in [-0.25, -0.2) is 23.4 Å². The van der Waals surface area contributed by atoms with Gasteiger partial charge in [0.15, 0.2) is 0 Å². The molecule has 0 aliphatic carbocycles. The summed E-state index contributed by atoms with van der Waals surface area (Å²) in [6.45, 7) is 0.251. The highest BCUT2D eigenvalue weighted by atomic mass is 32.2. The summed E-state index contributed by atoms with van der Waals surface area (Å²) >= 11 is 0. The van der Waals surface area contributed by atoms with Gasteiger partial charge >= 0.3 is 0 Å². The second kappa shape index (κ2) is 9.16. The van der Waals surface area contributed by atoms with Gasteiger partial charge in [-0.15, -0.1) is 0 Å². The number of para-hydroxylation sites is 1. The Morgan fingerprint density at radius 1 is 1.03 bits per heavy atom. The quantitative estimate of drug-likeness (QED) is 0.550. The zero-order valence-electron chi connectivity index (χ0n) is 18.3. The van der Waals surface area contributed by atoms with Crippen molar-refractivity contribution in [3.8, 4) is 5.75 Å². The first-order valence-corrected chi connectivity index (χ1v) is 11.8. The van der Waals surface area contributed by atoms with Gasteiger partial charge in [0.25, 0.3) is 11.8 Å². The second-order valence-corrected chi connectivity index (χ2v) is 9.64. The normalized spacial score (nSPS) is 14.2. The first-order valence-electron chi connectivity index (χ1n) is 10.4. The van der Waals surface area contributed by atoms with E-state index in [1.807, 2.05) is 18.2 Å². The van der Waals surface area contributed by atoms with Crippen molar-refractivity contribution in [2.45, 2.75) is 11.3 Å². The first-order chi connectivity index (χ1) is 15.8. The van der Waals surface area contributed by atoms with Gasteiger partial charge in [-0.1, -0.05) is 30.3 Å². The summed E-state index contributed by atoms with van der Waals surface area (Å²) in [6, 6.07) is 16.8. The Labute approximate surface area is 192 Å². The van der Waals surface area contributed by atoms with E-state index in [9.17, 15) is 18.0 Å². The molecule has 0 spiro atoms. The molecule has 10 heteroatoms. The molecule has 0 bridgehead atoms. The number of carbonyl (C=O) groups excluding carboxylic acids is 2. The van der Waals surface area contributed by atoms with Crippen LogP contribution >= 0.6 is 0 Å². The highest BCUT2D eigenvalue weighted by Gasteiger charge is 2.34. The van der Waals surface area contributed by atoms with Gasteiger partial charge in [0, 0.05) is 31.6 Å². The smallest absolute Gasteiger partial charge is 0.291 e. The fraction of sp³-hybridized carbons (Fsp3) is 0.261. The number of rotatable bonds is 6. The lowest BCUT2D eigenvalue weighted by Crippen LogP contribution is -2.49. The Kier molecular flexibility index (Phi) is 6.30. The maximum atomic E-state index is 13.3. The topological polar surface area (TPSA) is 100 Å². The molecule has 3 aromatic rings. The first kappa shape index (κ1) is 22.7. The molecule has 0 radical (unpaired) electrons. The number of benzene rings is 2. The van der Waals surface area contributed by atoms with Crippen molar-refractivity contribution >= 4 is 32.7 Å². The molecule has 1 fully saturated rings. The molecule has 172 valence electrons. The predicted octanol–water partition coefficient (Wildman–Crippen LogP) is 2.15. The van der Waals surface area contributed by atoms with Crippen LogP contribution in [0.4, 0.5) is 0 Å². The summed E-state index contributed by atoms with van der Waals surface area (Å²) in [5, 5.41) is 3.39. The molecule has 4 rings (SSSR count). The van der Waals surface area contributed by atoms with Crippen LogP contribution in [0.25, 0.3) is 10.9 Å². The number of fused-ring (bicyclic) bond motifs is 1. The Morgan fingerprint density at radius 3 is 2.42 bits per heavy atom. The van der Waals surface area contributed by atoms with Crippen molar-refractivity contribution < 1.29 is 22.7 Å². The number of ether oxygens (including phenoxy) is 1. The molecule has 2 heterocycles. The maximum absolute atomic E-state index is 13.3. The molecular weight excluding hydrogens is 444 g/mol. The number of hydrogen-bond acceptors (Lipinski definition) is 6. The molecule has 1 aromatic heterocycles. The average Bonchev–Trinajstić information content (AvgIpc) is 3.33. The average molecular weight is 469 g/mol. The third-order valence-corrected chi connectivity index (χ3v) is 7.30. The molecule has 0 saturated carbocycles. The zero-order valence-corrected chi connectivity index (χ0v) is 19.2. The van der Waals surface area contributed by atoms with E-state index in [-0.39, 0.29) is 10.6 Å². The Bertz CT molecular complexity index is 1300. The van der Waals surface area contributed by atoms with Gasteiger partial charge in [-0.2, -0.15) is 4.31 Å². The van der Waals surface area contributed by atoms with Crippen LogP contribution in [0.5, 0.6) is 5.75 Å². The van der Waals surface area contributed by atoms with Crippen LogP contribution in [0.3, 0.4) is 0 Å². The van der Waals surface area contributed by atoms with E-state index >= 15 is 0 Å². The molecule has 2 amide bonds. The van der Waals surface area contributed by atoms with Gasteiger partial charge in [-0.3, -0.25) is 9.59 Å². The standard InChI is InChI=1S/C23H24N4O5S/c1-25(33(30,31)17-9-4-3-5-10-17)16-22(28)26-13-8-14-27(26)23(29)20-15-21(32-2)18-11-6-7-12-19(18)24-20/h3-7,9-12,15H,8,13-14,16H2,1-2H3. The van der Waals surface area contributed by atoms with E-state index in [1.165, 1.54) is 36.3 Å². The third kappa shape index (κ3) is 4.39. The van der Waals surface area contributed by atoms with Crippen molar-refractivity contribution in [1.82, 2.24) is 19.3 Å². The van der Waals surface area contributed by atoms with Crippen LogP contribution in [-0.4, -0.2) is 73.3 Å². The lowest BCUT2D eigenvalue weighted by atomic mass is 10.1. The number of hydrogen-bond donors (Lipinski definition) is 0. The highest BCUT2D eigenvalue weighted by Crippen LogP contribution is 2.26. The summed E-state index contributed by atoms with van der Waals surface area (Å²) in [7, 11) is -0.969.